The molecule has 1 aromatic carbocycles. The van der Waals surface area contributed by atoms with Gasteiger partial charge in [-0.2, -0.15) is 0 Å². The lowest BCUT2D eigenvalue weighted by Gasteiger charge is -1.94. The third-order valence-electron chi connectivity index (χ3n) is 1.50. The molecule has 0 amide bonds. The van der Waals surface area contributed by atoms with Gasteiger partial charge in [0.2, 0.25) is 0 Å². The van der Waals surface area contributed by atoms with Crippen molar-refractivity contribution < 1.29 is 4.39 Å². The van der Waals surface area contributed by atoms with Crippen LogP contribution >= 0.6 is 0 Å². The average Bonchev–Trinajstić information content (AvgIpc) is 2.34. The van der Waals surface area contributed by atoms with E-state index in [1.54, 1.807) is 0 Å². The van der Waals surface area contributed by atoms with Crippen LogP contribution in [0.5, 0.6) is 0 Å². The fourth-order valence-electron chi connectivity index (χ4n) is 0.881. The van der Waals surface area contributed by atoms with E-state index < -0.39 is 0 Å². The van der Waals surface area contributed by atoms with Gasteiger partial charge >= 0.3 is 0 Å². The molecule has 0 bridgehead atoms. The first kappa shape index (κ1) is 15.2. The van der Waals surface area contributed by atoms with Crippen molar-refractivity contribution >= 4 is 0 Å². The van der Waals surface area contributed by atoms with E-state index in [2.05, 4.69) is 18.9 Å². The predicted molar refractivity (Wildman–Crippen MR) is 62.1 cm³/mol. The Morgan fingerprint density at radius 2 is 1.86 bits per heavy atom. The molecule has 14 heavy (non-hydrogen) atoms. The van der Waals surface area contributed by atoms with Crippen molar-refractivity contribution in [2.24, 2.45) is 0 Å². The van der Waals surface area contributed by atoms with Crippen LogP contribution in [0.25, 0.3) is 0 Å². The summed E-state index contributed by atoms with van der Waals surface area (Å²) in [4.78, 5) is 0. The molecule has 0 radical (unpaired) electrons. The highest BCUT2D eigenvalue weighted by Gasteiger charge is 1.88. The predicted octanol–water partition coefficient (Wildman–Crippen LogP) is 3.84. The molecule has 0 unspecified atom stereocenters. The van der Waals surface area contributed by atoms with E-state index in [0.717, 1.165) is 12.0 Å². The zero-order chi connectivity index (χ0) is 11.4. The maximum Gasteiger partial charge on any atom is 0.0785 e. The number of hydrogen-bond donors (Lipinski definition) is 0. The minimum Gasteiger partial charge on any atom is -0.255 e. The minimum absolute atomic E-state index is 0.500. The molecule has 0 saturated heterocycles. The van der Waals surface area contributed by atoms with Crippen LogP contribution in [0.15, 0.2) is 24.3 Å². The highest BCUT2D eigenvalue weighted by molar-refractivity contribution is 5.35. The minimum atomic E-state index is 0.500. The molecule has 78 valence electrons. The van der Waals surface area contributed by atoms with Crippen molar-refractivity contribution in [2.45, 2.75) is 27.2 Å². The van der Waals surface area contributed by atoms with E-state index in [4.69, 9.17) is 6.42 Å². The number of aryl methyl sites for hydroxylation is 1. The van der Waals surface area contributed by atoms with Crippen molar-refractivity contribution in [2.75, 3.05) is 7.18 Å². The van der Waals surface area contributed by atoms with E-state index in [1.165, 1.54) is 5.56 Å². The molecule has 0 aromatic heterocycles. The van der Waals surface area contributed by atoms with Crippen LogP contribution in [-0.4, -0.2) is 7.18 Å². The van der Waals surface area contributed by atoms with Crippen LogP contribution in [0.3, 0.4) is 0 Å². The topological polar surface area (TPSA) is 0 Å². The first-order valence-corrected chi connectivity index (χ1v) is 4.80. The van der Waals surface area contributed by atoms with Crippen LogP contribution in [-0.2, 0) is 6.42 Å². The zero-order valence-electron chi connectivity index (χ0n) is 9.47. The van der Waals surface area contributed by atoms with Crippen molar-refractivity contribution in [3.8, 4) is 12.3 Å². The second-order valence-electron chi connectivity index (χ2n) is 2.20. The highest BCUT2D eigenvalue weighted by Crippen LogP contribution is 2.03. The summed E-state index contributed by atoms with van der Waals surface area (Å²) in [6.07, 6.45) is 6.27. The van der Waals surface area contributed by atoms with Gasteiger partial charge in [0, 0.05) is 5.56 Å². The Morgan fingerprint density at radius 1 is 1.29 bits per heavy atom. The molecule has 0 spiro atoms. The van der Waals surface area contributed by atoms with Gasteiger partial charge in [0.15, 0.2) is 0 Å². The van der Waals surface area contributed by atoms with E-state index in [1.807, 2.05) is 32.0 Å². The smallest absolute Gasteiger partial charge is 0.0785 e. The Hall–Kier alpha value is -1.29. The van der Waals surface area contributed by atoms with Gasteiger partial charge in [-0.3, -0.25) is 4.39 Å². The Kier molecular flexibility index (Phi) is 12.7. The number of rotatable bonds is 1. The van der Waals surface area contributed by atoms with Gasteiger partial charge in [0.05, 0.1) is 7.18 Å². The Balaban J connectivity index is 0. The van der Waals surface area contributed by atoms with Gasteiger partial charge in [-0.15, -0.1) is 6.42 Å². The Bertz CT molecular complexity index is 258. The molecule has 0 aliphatic heterocycles. The Labute approximate surface area is 87.2 Å². The second kappa shape index (κ2) is 11.7. The average molecular weight is 194 g/mol. The molecule has 0 heterocycles. The van der Waals surface area contributed by atoms with Crippen molar-refractivity contribution in [1.29, 1.82) is 0 Å². The lowest BCUT2D eigenvalue weighted by atomic mass is 10.1. The first-order valence-electron chi connectivity index (χ1n) is 4.80. The largest absolute Gasteiger partial charge is 0.255 e. The molecule has 1 aromatic rings. The third kappa shape index (κ3) is 6.25. The van der Waals surface area contributed by atoms with Gasteiger partial charge in [-0.1, -0.05) is 38.8 Å². The molecule has 0 fully saturated rings. The summed E-state index contributed by atoms with van der Waals surface area (Å²) < 4.78 is 9.50. The van der Waals surface area contributed by atoms with Gasteiger partial charge in [0.25, 0.3) is 0 Å². The molecule has 1 heteroatoms. The molecular weight excluding hydrogens is 175 g/mol. The molecule has 0 N–H and O–H groups in total. The number of benzene rings is 1. The van der Waals surface area contributed by atoms with E-state index in [-0.39, 0.29) is 0 Å². The summed E-state index contributed by atoms with van der Waals surface area (Å²) in [6, 6.07) is 8.06. The first-order chi connectivity index (χ1) is 6.86. The quantitative estimate of drug-likeness (QED) is 0.596. The summed E-state index contributed by atoms with van der Waals surface area (Å²) in [5.74, 6) is 2.60. The lowest BCUT2D eigenvalue weighted by Crippen LogP contribution is -1.80. The summed E-state index contributed by atoms with van der Waals surface area (Å²) in [5.41, 5.74) is 2.27. The van der Waals surface area contributed by atoms with E-state index >= 15 is 0 Å². The van der Waals surface area contributed by atoms with Gasteiger partial charge in [0.1, 0.15) is 0 Å². The second-order valence-corrected chi connectivity index (χ2v) is 2.20. The lowest BCUT2D eigenvalue weighted by molar-refractivity contribution is 0.636. The highest BCUT2D eigenvalue weighted by atomic mass is 19.1. The van der Waals surface area contributed by atoms with Crippen molar-refractivity contribution in [1.82, 2.24) is 0 Å². The molecule has 0 saturated carbocycles. The van der Waals surface area contributed by atoms with Crippen LogP contribution in [0.2, 0.25) is 0 Å². The molecular formula is C13H19F. The number of alkyl halides is 1. The fourth-order valence-corrected chi connectivity index (χ4v) is 0.881. The Morgan fingerprint density at radius 3 is 2.29 bits per heavy atom. The SMILES string of the molecule is C#Cc1cccc(CC)c1.CC.CF. The third-order valence-corrected chi connectivity index (χ3v) is 1.50. The van der Waals surface area contributed by atoms with Crippen LogP contribution in [0.4, 0.5) is 4.39 Å². The van der Waals surface area contributed by atoms with Crippen LogP contribution < -0.4 is 0 Å². The fraction of sp³-hybridized carbons (Fsp3) is 0.385. The number of halogens is 1. The van der Waals surface area contributed by atoms with Crippen molar-refractivity contribution in [3.63, 3.8) is 0 Å². The molecule has 0 nitrogen and oxygen atoms in total. The number of hydrogen-bond acceptors (Lipinski definition) is 0. The monoisotopic (exact) mass is 194 g/mol. The zero-order valence-corrected chi connectivity index (χ0v) is 9.47. The molecule has 1 rings (SSSR count). The maximum atomic E-state index is 9.50. The van der Waals surface area contributed by atoms with Crippen LogP contribution in [0.1, 0.15) is 31.9 Å². The van der Waals surface area contributed by atoms with E-state index in [9.17, 15) is 4.39 Å². The van der Waals surface area contributed by atoms with Crippen LogP contribution in [0, 0.1) is 12.3 Å². The summed E-state index contributed by atoms with van der Waals surface area (Å²) in [6.45, 7) is 6.12. The summed E-state index contributed by atoms with van der Waals surface area (Å²) in [7, 11) is 0.500. The molecule has 0 atom stereocenters. The van der Waals surface area contributed by atoms with Gasteiger partial charge in [-0.25, -0.2) is 0 Å². The van der Waals surface area contributed by atoms with Gasteiger partial charge < -0.3 is 0 Å². The van der Waals surface area contributed by atoms with E-state index in [0.29, 0.717) is 7.18 Å². The molecule has 0 aliphatic carbocycles. The maximum absolute atomic E-state index is 9.50. The van der Waals surface area contributed by atoms with Crippen molar-refractivity contribution in [3.05, 3.63) is 35.4 Å². The summed E-state index contributed by atoms with van der Waals surface area (Å²) in [5, 5.41) is 0. The number of terminal acetylenes is 1. The summed E-state index contributed by atoms with van der Waals surface area (Å²) >= 11 is 0. The normalized spacial score (nSPS) is 7.14. The standard InChI is InChI=1S/C10H10.C2H6.CH3F/c1-3-9-6-5-7-10(4-2)8-9;2*1-2/h1,5-8H,4H2,2H3;1-2H3;1H3. The van der Waals surface area contributed by atoms with Gasteiger partial charge in [-0.05, 0) is 24.1 Å². The molecule has 0 aliphatic rings.